The molecule has 8 nitrogen and oxygen atoms in total. The number of aryl methyl sites for hydroxylation is 1. The molecule has 2 rings (SSSR count). The van der Waals surface area contributed by atoms with E-state index in [2.05, 4.69) is 20.9 Å². The Balaban J connectivity index is 0.00000265. The van der Waals surface area contributed by atoms with Gasteiger partial charge in [-0.3, -0.25) is 4.90 Å². The number of hydrogen-bond donors (Lipinski definition) is 4. The molecule has 0 radical (unpaired) electrons. The normalized spacial score (nSPS) is 17.1. The van der Waals surface area contributed by atoms with Crippen LogP contribution in [0.15, 0.2) is 35.7 Å². The number of amides is 1. The quantitative estimate of drug-likeness (QED) is 0.434. The highest BCUT2D eigenvalue weighted by atomic mass is 16.6. The van der Waals surface area contributed by atoms with Crippen LogP contribution in [0.25, 0.3) is 0 Å². The van der Waals surface area contributed by atoms with Gasteiger partial charge in [-0.25, -0.2) is 9.59 Å². The van der Waals surface area contributed by atoms with Crippen molar-refractivity contribution in [2.75, 3.05) is 19.8 Å². The first-order valence-corrected chi connectivity index (χ1v) is 11.7. The molecular weight excluding hydrogens is 420 g/mol. The van der Waals surface area contributed by atoms with Gasteiger partial charge < -0.3 is 25.8 Å². The predicted molar refractivity (Wildman–Crippen MR) is 132 cm³/mol. The lowest BCUT2D eigenvalue weighted by molar-refractivity contribution is -0.133. The van der Waals surface area contributed by atoms with Crippen LogP contribution in [0, 0.1) is 6.92 Å². The number of carbonyl (C=O) groups excluding carboxylic acids is 1. The topological polar surface area (TPSA) is 103 Å². The number of ether oxygens (including phenoxy) is 1. The Hall–Kier alpha value is -2.74. The lowest BCUT2D eigenvalue weighted by Crippen LogP contribution is -2.50. The van der Waals surface area contributed by atoms with E-state index in [0.29, 0.717) is 25.5 Å². The van der Waals surface area contributed by atoms with Crippen LogP contribution in [0.4, 0.5) is 4.79 Å². The second kappa shape index (κ2) is 13.7. The Morgan fingerprint density at radius 2 is 1.85 bits per heavy atom. The summed E-state index contributed by atoms with van der Waals surface area (Å²) in [4.78, 5) is 25.9. The van der Waals surface area contributed by atoms with E-state index >= 15 is 0 Å². The van der Waals surface area contributed by atoms with Gasteiger partial charge in [0.1, 0.15) is 11.3 Å². The smallest absolute Gasteiger partial charge is 0.407 e. The zero-order chi connectivity index (χ0) is 25.0. The lowest BCUT2D eigenvalue weighted by atomic mass is 10.1. The third-order valence-corrected chi connectivity index (χ3v) is 5.10. The molecule has 1 amide bonds. The van der Waals surface area contributed by atoms with E-state index in [1.165, 1.54) is 0 Å². The van der Waals surface area contributed by atoms with Crippen molar-refractivity contribution in [3.8, 4) is 0 Å². The van der Waals surface area contributed by atoms with Gasteiger partial charge in [0, 0.05) is 24.8 Å². The molecule has 1 aliphatic rings. The van der Waals surface area contributed by atoms with Crippen LogP contribution in [0.3, 0.4) is 0 Å². The van der Waals surface area contributed by atoms with Crippen LogP contribution in [-0.2, 0) is 16.1 Å². The molecule has 186 valence electrons. The van der Waals surface area contributed by atoms with E-state index in [1.54, 1.807) is 6.92 Å². The van der Waals surface area contributed by atoms with Crippen molar-refractivity contribution in [3.05, 3.63) is 46.8 Å². The monoisotopic (exact) mass is 462 g/mol. The highest BCUT2D eigenvalue weighted by Gasteiger charge is 2.24. The third-order valence-electron chi connectivity index (χ3n) is 5.10. The fourth-order valence-corrected chi connectivity index (χ4v) is 3.47. The minimum atomic E-state index is -0.998. The molecule has 33 heavy (non-hydrogen) atoms. The first-order chi connectivity index (χ1) is 15.5. The van der Waals surface area contributed by atoms with Crippen molar-refractivity contribution in [2.45, 2.75) is 79.5 Å². The van der Waals surface area contributed by atoms with Crippen molar-refractivity contribution < 1.29 is 19.4 Å². The molecule has 4 N–H and O–H groups in total. The molecule has 1 heterocycles. The molecule has 0 spiro atoms. The Bertz CT molecular complexity index is 802. The van der Waals surface area contributed by atoms with Crippen LogP contribution < -0.4 is 16.0 Å². The van der Waals surface area contributed by atoms with Crippen LogP contribution in [0.5, 0.6) is 0 Å². The van der Waals surface area contributed by atoms with Gasteiger partial charge in [0.2, 0.25) is 0 Å². The second-order valence-corrected chi connectivity index (χ2v) is 8.98. The zero-order valence-electron chi connectivity index (χ0n) is 21.2. The average Bonchev–Trinajstić information content (AvgIpc) is 2.73. The van der Waals surface area contributed by atoms with Crippen LogP contribution in [0.1, 0.15) is 65.5 Å². The van der Waals surface area contributed by atoms with Crippen molar-refractivity contribution in [3.63, 3.8) is 0 Å². The number of rotatable bonds is 8. The summed E-state index contributed by atoms with van der Waals surface area (Å²) in [6.07, 6.45) is 1.43. The number of allylic oxidation sites excluding steroid dienone is 1. The van der Waals surface area contributed by atoms with Crippen LogP contribution in [-0.4, -0.2) is 53.5 Å². The van der Waals surface area contributed by atoms with E-state index in [9.17, 15) is 14.7 Å². The van der Waals surface area contributed by atoms with Gasteiger partial charge in [-0.05, 0) is 65.1 Å². The summed E-state index contributed by atoms with van der Waals surface area (Å²) in [6, 6.07) is 7.90. The number of piperidine rings is 1. The first kappa shape index (κ1) is 28.3. The molecule has 1 aliphatic heterocycles. The van der Waals surface area contributed by atoms with Crippen molar-refractivity contribution >= 4 is 12.1 Å². The molecule has 0 aromatic heterocycles. The van der Waals surface area contributed by atoms with Crippen molar-refractivity contribution in [1.29, 1.82) is 0 Å². The highest BCUT2D eigenvalue weighted by molar-refractivity contribution is 5.86. The number of benzene rings is 1. The Morgan fingerprint density at radius 3 is 2.45 bits per heavy atom. The molecule has 1 aromatic rings. The summed E-state index contributed by atoms with van der Waals surface area (Å²) in [5.74, 6) is -0.998. The number of carbonyl (C=O) groups is 2. The highest BCUT2D eigenvalue weighted by Crippen LogP contribution is 2.13. The maximum absolute atomic E-state index is 12.0. The molecule has 0 aliphatic carbocycles. The summed E-state index contributed by atoms with van der Waals surface area (Å²) in [6.45, 7) is 15.8. The Kier molecular flexibility index (Phi) is 11.8. The number of hydrogen-bond acceptors (Lipinski definition) is 6. The van der Waals surface area contributed by atoms with E-state index in [-0.39, 0.29) is 11.7 Å². The SMILES string of the molecule is C/C(NCN1CCCC(NC(=O)OC(C)(C)C)C1)=C(/NCc1ccccc1C)C(=O)O.CC. The van der Waals surface area contributed by atoms with Crippen molar-refractivity contribution in [1.82, 2.24) is 20.9 Å². The molecular formula is C25H42N4O4. The maximum atomic E-state index is 12.0. The number of carboxylic acid groups (broad SMARTS) is 1. The van der Waals surface area contributed by atoms with Gasteiger partial charge in [0.05, 0.1) is 6.67 Å². The molecule has 1 atom stereocenters. The summed E-state index contributed by atoms with van der Waals surface area (Å²) in [7, 11) is 0. The molecule has 1 fully saturated rings. The first-order valence-electron chi connectivity index (χ1n) is 11.7. The summed E-state index contributed by atoms with van der Waals surface area (Å²) in [5, 5.41) is 18.8. The number of nitrogens with zero attached hydrogens (tertiary/aromatic N) is 1. The maximum Gasteiger partial charge on any atom is 0.407 e. The van der Waals surface area contributed by atoms with E-state index < -0.39 is 17.7 Å². The summed E-state index contributed by atoms with van der Waals surface area (Å²) in [5.41, 5.74) is 2.37. The standard InChI is InChI=1S/C23H36N4O4.C2H6/c1-16-9-6-7-10-18(16)13-24-20(21(28)29)17(2)25-15-27-12-8-11-19(14-27)26-22(30)31-23(3,4)5;1-2/h6-7,9-10,19,24-25H,8,11-15H2,1-5H3,(H,26,30)(H,28,29);1-2H3/b20-17-;. The number of likely N-dealkylation sites (tertiary alicyclic amines) is 1. The minimum absolute atomic E-state index is 0.00723. The molecule has 0 saturated carbocycles. The number of nitrogens with one attached hydrogen (secondary N) is 3. The van der Waals surface area contributed by atoms with Gasteiger partial charge in [-0.2, -0.15) is 0 Å². The molecule has 8 heteroatoms. The number of alkyl carbamates (subject to hydrolysis) is 1. The van der Waals surface area contributed by atoms with Crippen LogP contribution >= 0.6 is 0 Å². The Morgan fingerprint density at radius 1 is 1.18 bits per heavy atom. The van der Waals surface area contributed by atoms with Crippen molar-refractivity contribution in [2.24, 2.45) is 0 Å². The fraction of sp³-hybridized carbons (Fsp3) is 0.600. The third kappa shape index (κ3) is 10.6. The van der Waals surface area contributed by atoms with Gasteiger partial charge in [0.25, 0.3) is 0 Å². The molecule has 1 aromatic carbocycles. The predicted octanol–water partition coefficient (Wildman–Crippen LogP) is 3.96. The number of aliphatic carboxylic acids is 1. The largest absolute Gasteiger partial charge is 0.477 e. The summed E-state index contributed by atoms with van der Waals surface area (Å²) >= 11 is 0. The van der Waals surface area contributed by atoms with Gasteiger partial charge in [0.15, 0.2) is 0 Å². The van der Waals surface area contributed by atoms with Crippen LogP contribution in [0.2, 0.25) is 0 Å². The summed E-state index contributed by atoms with van der Waals surface area (Å²) < 4.78 is 5.34. The van der Waals surface area contributed by atoms with E-state index in [4.69, 9.17) is 4.74 Å². The lowest BCUT2D eigenvalue weighted by Gasteiger charge is -2.34. The van der Waals surface area contributed by atoms with Gasteiger partial charge >= 0.3 is 12.1 Å². The number of carboxylic acids is 1. The van der Waals surface area contributed by atoms with E-state index in [0.717, 1.165) is 30.5 Å². The molecule has 1 unspecified atom stereocenters. The molecule has 1 saturated heterocycles. The fourth-order valence-electron chi connectivity index (χ4n) is 3.47. The molecule has 0 bridgehead atoms. The van der Waals surface area contributed by atoms with Gasteiger partial charge in [-0.1, -0.05) is 38.1 Å². The van der Waals surface area contributed by atoms with Gasteiger partial charge in [-0.15, -0.1) is 0 Å². The van der Waals surface area contributed by atoms with E-state index in [1.807, 2.05) is 65.8 Å². The zero-order valence-corrected chi connectivity index (χ0v) is 21.2. The second-order valence-electron chi connectivity index (χ2n) is 8.98. The Labute approximate surface area is 198 Å². The minimum Gasteiger partial charge on any atom is -0.477 e. The average molecular weight is 463 g/mol.